The number of hydrogen-bond donors (Lipinski definition) is 1. The van der Waals surface area contributed by atoms with Crippen molar-refractivity contribution >= 4 is 26.0 Å². The lowest BCUT2D eigenvalue weighted by atomic mass is 10.0. The van der Waals surface area contributed by atoms with E-state index in [2.05, 4.69) is 27.6 Å². The van der Waals surface area contributed by atoms with Gasteiger partial charge in [-0.3, -0.25) is 0 Å². The number of nitrogens with one attached hydrogen (secondary N) is 1. The van der Waals surface area contributed by atoms with Crippen molar-refractivity contribution in [1.29, 1.82) is 0 Å². The Morgan fingerprint density at radius 2 is 2.20 bits per heavy atom. The van der Waals surface area contributed by atoms with Gasteiger partial charge in [0.1, 0.15) is 0 Å². The highest BCUT2D eigenvalue weighted by Crippen LogP contribution is 2.24. The largest absolute Gasteiger partial charge is 0.378 e. The Morgan fingerprint density at radius 3 is 2.85 bits per heavy atom. The molecule has 0 bridgehead atoms. The van der Waals surface area contributed by atoms with Gasteiger partial charge in [0.25, 0.3) is 0 Å². The first-order valence-corrected chi connectivity index (χ1v) is 9.09. The molecule has 4 nitrogen and oxygen atoms in total. The molecule has 0 aliphatic carbocycles. The molecule has 1 aromatic rings. The molecule has 1 aliphatic heterocycles. The highest BCUT2D eigenvalue weighted by Gasteiger charge is 2.28. The van der Waals surface area contributed by atoms with Crippen molar-refractivity contribution in [1.82, 2.24) is 4.72 Å². The molecule has 0 radical (unpaired) electrons. The Morgan fingerprint density at radius 1 is 1.45 bits per heavy atom. The van der Waals surface area contributed by atoms with E-state index in [9.17, 15) is 8.42 Å². The highest BCUT2D eigenvalue weighted by molar-refractivity contribution is 9.10. The third-order valence-corrected chi connectivity index (χ3v) is 6.03. The van der Waals surface area contributed by atoms with Crippen LogP contribution < -0.4 is 4.72 Å². The third kappa shape index (κ3) is 3.61. The molecule has 0 saturated carbocycles. The molecule has 1 N–H and O–H groups in total. The molecule has 6 heteroatoms. The van der Waals surface area contributed by atoms with Gasteiger partial charge in [-0.2, -0.15) is 0 Å². The summed E-state index contributed by atoms with van der Waals surface area (Å²) in [5.74, 6) is 0.270. The zero-order chi connectivity index (χ0) is 14.8. The first-order chi connectivity index (χ1) is 9.44. The summed E-state index contributed by atoms with van der Waals surface area (Å²) in [5, 5.41) is 0. The van der Waals surface area contributed by atoms with E-state index < -0.39 is 10.0 Å². The fourth-order valence-electron chi connectivity index (χ4n) is 2.46. The van der Waals surface area contributed by atoms with Crippen molar-refractivity contribution in [3.05, 3.63) is 28.2 Å². The molecule has 20 heavy (non-hydrogen) atoms. The lowest BCUT2D eigenvalue weighted by Gasteiger charge is -2.17. The van der Waals surface area contributed by atoms with E-state index in [0.717, 1.165) is 29.5 Å². The van der Waals surface area contributed by atoms with E-state index in [4.69, 9.17) is 4.74 Å². The van der Waals surface area contributed by atoms with Crippen LogP contribution in [0.4, 0.5) is 0 Å². The second-order valence-corrected chi connectivity index (χ2v) is 7.75. The number of aryl methyl sites for hydroxylation is 1. The zero-order valence-electron chi connectivity index (χ0n) is 11.7. The molecular weight excluding hydrogens is 342 g/mol. The highest BCUT2D eigenvalue weighted by atomic mass is 79.9. The minimum absolute atomic E-state index is 0.171. The summed E-state index contributed by atoms with van der Waals surface area (Å²) in [6.45, 7) is 5.11. The first kappa shape index (κ1) is 15.9. The first-order valence-electron chi connectivity index (χ1n) is 6.81. The maximum atomic E-state index is 12.3. The molecule has 1 fully saturated rings. The number of benzene rings is 1. The van der Waals surface area contributed by atoms with Gasteiger partial charge in [-0.15, -0.1) is 0 Å². The molecule has 2 atom stereocenters. The second-order valence-electron chi connectivity index (χ2n) is 5.13. The maximum absolute atomic E-state index is 12.3. The summed E-state index contributed by atoms with van der Waals surface area (Å²) in [7, 11) is -3.45. The molecular formula is C14H20BrNO3S. The summed E-state index contributed by atoms with van der Waals surface area (Å²) in [6.07, 6.45) is 2.01. The van der Waals surface area contributed by atoms with Crippen molar-refractivity contribution in [3.63, 3.8) is 0 Å². The van der Waals surface area contributed by atoms with Crippen LogP contribution in [0.2, 0.25) is 0 Å². The van der Waals surface area contributed by atoms with Crippen LogP contribution in [0.5, 0.6) is 0 Å². The molecule has 2 unspecified atom stereocenters. The van der Waals surface area contributed by atoms with Gasteiger partial charge >= 0.3 is 0 Å². The quantitative estimate of drug-likeness (QED) is 0.876. The minimum Gasteiger partial charge on any atom is -0.378 e. The molecule has 0 spiro atoms. The molecule has 1 aliphatic rings. The summed E-state index contributed by atoms with van der Waals surface area (Å²) in [6, 6.07) is 5.05. The van der Waals surface area contributed by atoms with Crippen LogP contribution in [0.25, 0.3) is 0 Å². The van der Waals surface area contributed by atoms with Crippen LogP contribution in [0, 0.1) is 12.8 Å². The van der Waals surface area contributed by atoms with E-state index >= 15 is 0 Å². The molecule has 1 saturated heterocycles. The van der Waals surface area contributed by atoms with Gasteiger partial charge in [0.2, 0.25) is 10.0 Å². The number of ether oxygens (including phenoxy) is 1. The predicted molar refractivity (Wildman–Crippen MR) is 82.2 cm³/mol. The average molecular weight is 362 g/mol. The smallest absolute Gasteiger partial charge is 0.240 e. The number of hydrogen-bond acceptors (Lipinski definition) is 3. The van der Waals surface area contributed by atoms with Gasteiger partial charge < -0.3 is 4.74 Å². The molecule has 1 aromatic carbocycles. The molecule has 0 amide bonds. The summed E-state index contributed by atoms with van der Waals surface area (Å²) >= 11 is 3.37. The Hall–Kier alpha value is -0.430. The van der Waals surface area contributed by atoms with Crippen LogP contribution in [-0.2, 0) is 14.8 Å². The zero-order valence-corrected chi connectivity index (χ0v) is 14.1. The Balaban J connectivity index is 2.05. The lowest BCUT2D eigenvalue weighted by Crippen LogP contribution is -2.32. The van der Waals surface area contributed by atoms with Gasteiger partial charge in [-0.05, 0) is 43.5 Å². The van der Waals surface area contributed by atoms with E-state index in [0.29, 0.717) is 11.4 Å². The van der Waals surface area contributed by atoms with Crippen molar-refractivity contribution in [2.75, 3.05) is 13.2 Å². The fraction of sp³-hybridized carbons (Fsp3) is 0.571. The Bertz CT molecular complexity index is 574. The normalized spacial score (nSPS) is 23.1. The SMILES string of the molecule is CCC1OCCC1CNS(=O)(=O)c1ccc(Br)c(C)c1. The van der Waals surface area contributed by atoms with Gasteiger partial charge in [-0.1, -0.05) is 22.9 Å². The standard InChI is InChI=1S/C14H20BrNO3S/c1-3-14-11(6-7-19-14)9-16-20(17,18)12-4-5-13(15)10(2)8-12/h4-5,8,11,14,16H,3,6-7,9H2,1-2H3. The van der Waals surface area contributed by atoms with Gasteiger partial charge in [0.05, 0.1) is 11.0 Å². The predicted octanol–water partition coefficient (Wildman–Crippen LogP) is 2.85. The van der Waals surface area contributed by atoms with E-state index in [1.54, 1.807) is 18.2 Å². The van der Waals surface area contributed by atoms with E-state index in [1.165, 1.54) is 0 Å². The Labute approximate surface area is 129 Å². The van der Waals surface area contributed by atoms with Crippen LogP contribution in [0.1, 0.15) is 25.3 Å². The second kappa shape index (κ2) is 6.56. The number of sulfonamides is 1. The topological polar surface area (TPSA) is 55.4 Å². The van der Waals surface area contributed by atoms with Crippen molar-refractivity contribution < 1.29 is 13.2 Å². The van der Waals surface area contributed by atoms with Crippen LogP contribution in [-0.4, -0.2) is 27.7 Å². The van der Waals surface area contributed by atoms with Crippen LogP contribution >= 0.6 is 15.9 Å². The average Bonchev–Trinajstić information content (AvgIpc) is 2.87. The van der Waals surface area contributed by atoms with E-state index in [1.807, 2.05) is 6.92 Å². The minimum atomic E-state index is -3.45. The lowest BCUT2D eigenvalue weighted by molar-refractivity contribution is 0.0884. The summed E-state index contributed by atoms with van der Waals surface area (Å²) < 4.78 is 33.8. The van der Waals surface area contributed by atoms with E-state index in [-0.39, 0.29) is 12.0 Å². The molecule has 0 aromatic heterocycles. The maximum Gasteiger partial charge on any atom is 0.240 e. The monoisotopic (exact) mass is 361 g/mol. The van der Waals surface area contributed by atoms with Crippen molar-refractivity contribution in [2.24, 2.45) is 5.92 Å². The number of rotatable bonds is 5. The van der Waals surface area contributed by atoms with Gasteiger partial charge in [0, 0.05) is 23.5 Å². The summed E-state index contributed by atoms with van der Waals surface area (Å²) in [5.41, 5.74) is 0.906. The van der Waals surface area contributed by atoms with Crippen molar-refractivity contribution in [2.45, 2.75) is 37.7 Å². The van der Waals surface area contributed by atoms with Crippen LogP contribution in [0.15, 0.2) is 27.6 Å². The molecule has 112 valence electrons. The third-order valence-electron chi connectivity index (χ3n) is 3.72. The Kier molecular flexibility index (Phi) is 5.23. The fourth-order valence-corrected chi connectivity index (χ4v) is 3.89. The van der Waals surface area contributed by atoms with Gasteiger partial charge in [0.15, 0.2) is 0 Å². The molecule has 2 rings (SSSR count). The molecule has 1 heterocycles. The van der Waals surface area contributed by atoms with Gasteiger partial charge in [-0.25, -0.2) is 13.1 Å². The van der Waals surface area contributed by atoms with Crippen LogP contribution in [0.3, 0.4) is 0 Å². The summed E-state index contributed by atoms with van der Waals surface area (Å²) in [4.78, 5) is 0.310. The van der Waals surface area contributed by atoms with Crippen molar-refractivity contribution in [3.8, 4) is 0 Å². The number of halogens is 1.